The van der Waals surface area contributed by atoms with Crippen LogP contribution in [0, 0.1) is 17.5 Å². The van der Waals surface area contributed by atoms with Crippen molar-refractivity contribution < 1.29 is 18.0 Å². The summed E-state index contributed by atoms with van der Waals surface area (Å²) in [5.74, 6) is -4.86. The molecular formula is C14H17F3N2O. The number of rotatable bonds is 3. The molecule has 1 aromatic carbocycles. The van der Waals surface area contributed by atoms with E-state index >= 15 is 0 Å². The van der Waals surface area contributed by atoms with Gasteiger partial charge in [-0.05, 0) is 26.0 Å². The van der Waals surface area contributed by atoms with E-state index in [1.807, 2.05) is 4.90 Å². The van der Waals surface area contributed by atoms with Gasteiger partial charge in [0.25, 0.3) is 0 Å². The second-order valence-corrected chi connectivity index (χ2v) is 5.35. The summed E-state index contributed by atoms with van der Waals surface area (Å²) in [6.07, 6.45) is 0. The van der Waals surface area contributed by atoms with E-state index in [9.17, 15) is 18.0 Å². The lowest BCUT2D eigenvalue weighted by Crippen LogP contribution is -2.57. The maximum Gasteiger partial charge on any atom is 0.195 e. The molecule has 3 nitrogen and oxygen atoms in total. The highest BCUT2D eigenvalue weighted by molar-refractivity contribution is 6.02. The van der Waals surface area contributed by atoms with Crippen LogP contribution in [0.4, 0.5) is 13.2 Å². The monoisotopic (exact) mass is 286 g/mol. The van der Waals surface area contributed by atoms with E-state index in [-0.39, 0.29) is 0 Å². The molecule has 6 heteroatoms. The summed E-state index contributed by atoms with van der Waals surface area (Å²) in [6.45, 7) is 6.09. The number of hydrogen-bond donors (Lipinski definition) is 1. The fourth-order valence-electron chi connectivity index (χ4n) is 2.40. The van der Waals surface area contributed by atoms with Gasteiger partial charge in [-0.2, -0.15) is 0 Å². The van der Waals surface area contributed by atoms with Gasteiger partial charge in [0.2, 0.25) is 0 Å². The van der Waals surface area contributed by atoms with Crippen LogP contribution < -0.4 is 5.32 Å². The second-order valence-electron chi connectivity index (χ2n) is 5.35. The van der Waals surface area contributed by atoms with Crippen LogP contribution in [0.5, 0.6) is 0 Å². The third kappa shape index (κ3) is 2.58. The Morgan fingerprint density at radius 3 is 2.35 bits per heavy atom. The lowest BCUT2D eigenvalue weighted by atomic mass is 9.90. The molecular weight excluding hydrogens is 269 g/mol. The molecule has 110 valence electrons. The lowest BCUT2D eigenvalue weighted by molar-refractivity contribution is 0.0597. The molecule has 0 atom stereocenters. The Kier molecular flexibility index (Phi) is 4.15. The Morgan fingerprint density at radius 2 is 1.75 bits per heavy atom. The summed E-state index contributed by atoms with van der Waals surface area (Å²) in [5, 5.41) is 3.16. The van der Waals surface area contributed by atoms with Crippen LogP contribution in [0.25, 0.3) is 0 Å². The molecule has 0 radical (unpaired) electrons. The molecule has 1 aliphatic rings. The van der Waals surface area contributed by atoms with E-state index in [1.54, 1.807) is 13.8 Å². The standard InChI is InChI=1S/C14H17F3N2O/c1-14(2,19-7-5-18-6-8-19)13(20)9-3-4-10(15)12(17)11(9)16/h3-4,18H,5-8H2,1-2H3. The molecule has 2 rings (SSSR count). The Bertz CT molecular complexity index is 525. The Morgan fingerprint density at radius 1 is 1.15 bits per heavy atom. The SMILES string of the molecule is CC(C)(C(=O)c1ccc(F)c(F)c1F)N1CCNCC1. The van der Waals surface area contributed by atoms with Crippen LogP contribution in [-0.4, -0.2) is 42.4 Å². The average molecular weight is 286 g/mol. The van der Waals surface area contributed by atoms with Crippen molar-refractivity contribution >= 4 is 5.78 Å². The van der Waals surface area contributed by atoms with Gasteiger partial charge in [0.15, 0.2) is 23.2 Å². The summed E-state index contributed by atoms with van der Waals surface area (Å²) < 4.78 is 39.9. The zero-order valence-electron chi connectivity index (χ0n) is 11.5. The zero-order valence-corrected chi connectivity index (χ0v) is 11.5. The molecule has 1 aliphatic heterocycles. The summed E-state index contributed by atoms with van der Waals surface area (Å²) in [7, 11) is 0. The van der Waals surface area contributed by atoms with Crippen LogP contribution in [0.2, 0.25) is 0 Å². The Hall–Kier alpha value is -1.40. The van der Waals surface area contributed by atoms with E-state index in [2.05, 4.69) is 5.32 Å². The summed E-state index contributed by atoms with van der Waals surface area (Å²) in [5.41, 5.74) is -1.37. The molecule has 1 fully saturated rings. The van der Waals surface area contributed by atoms with E-state index in [1.165, 1.54) is 0 Å². The highest BCUT2D eigenvalue weighted by atomic mass is 19.2. The first kappa shape index (κ1) is 15.0. The van der Waals surface area contributed by atoms with Gasteiger partial charge in [0.05, 0.1) is 11.1 Å². The van der Waals surface area contributed by atoms with Gasteiger partial charge in [-0.25, -0.2) is 13.2 Å². The zero-order chi connectivity index (χ0) is 14.9. The van der Waals surface area contributed by atoms with Gasteiger partial charge in [-0.1, -0.05) is 0 Å². The topological polar surface area (TPSA) is 32.3 Å². The fourth-order valence-corrected chi connectivity index (χ4v) is 2.40. The van der Waals surface area contributed by atoms with Crippen molar-refractivity contribution in [1.82, 2.24) is 10.2 Å². The number of carbonyl (C=O) groups is 1. The summed E-state index contributed by atoms with van der Waals surface area (Å²) in [4.78, 5) is 14.4. The summed E-state index contributed by atoms with van der Waals surface area (Å²) >= 11 is 0. The van der Waals surface area contributed by atoms with Crippen LogP contribution in [0.3, 0.4) is 0 Å². The molecule has 0 saturated carbocycles. The molecule has 1 saturated heterocycles. The first-order chi connectivity index (χ1) is 9.35. The van der Waals surface area contributed by atoms with Crippen LogP contribution in [0.1, 0.15) is 24.2 Å². The molecule has 0 bridgehead atoms. The molecule has 1 heterocycles. The maximum atomic E-state index is 13.7. The van der Waals surface area contributed by atoms with Crippen molar-refractivity contribution in [1.29, 1.82) is 0 Å². The molecule has 0 unspecified atom stereocenters. The van der Waals surface area contributed by atoms with Gasteiger partial charge in [-0.3, -0.25) is 9.69 Å². The number of piperazine rings is 1. The number of halogens is 3. The molecule has 1 aromatic rings. The highest BCUT2D eigenvalue weighted by Crippen LogP contribution is 2.24. The van der Waals surface area contributed by atoms with Gasteiger partial charge < -0.3 is 5.32 Å². The predicted octanol–water partition coefficient (Wildman–Crippen LogP) is 1.97. The molecule has 20 heavy (non-hydrogen) atoms. The van der Waals surface area contributed by atoms with E-state index in [0.717, 1.165) is 25.2 Å². The molecule has 0 spiro atoms. The maximum absolute atomic E-state index is 13.7. The van der Waals surface area contributed by atoms with Crippen LogP contribution >= 0.6 is 0 Å². The van der Waals surface area contributed by atoms with Crippen molar-refractivity contribution in [3.05, 3.63) is 35.1 Å². The van der Waals surface area contributed by atoms with Crippen molar-refractivity contribution in [2.75, 3.05) is 26.2 Å². The van der Waals surface area contributed by atoms with Gasteiger partial charge in [0, 0.05) is 26.2 Å². The van der Waals surface area contributed by atoms with Crippen molar-refractivity contribution in [3.8, 4) is 0 Å². The van der Waals surface area contributed by atoms with Crippen molar-refractivity contribution in [2.24, 2.45) is 0 Å². The summed E-state index contributed by atoms with van der Waals surface area (Å²) in [6, 6.07) is 1.78. The van der Waals surface area contributed by atoms with Gasteiger partial charge in [0.1, 0.15) is 0 Å². The van der Waals surface area contributed by atoms with E-state index in [0.29, 0.717) is 13.1 Å². The number of nitrogens with one attached hydrogen (secondary N) is 1. The molecule has 0 amide bonds. The van der Waals surface area contributed by atoms with Crippen molar-refractivity contribution in [3.63, 3.8) is 0 Å². The van der Waals surface area contributed by atoms with Crippen LogP contribution in [0.15, 0.2) is 12.1 Å². The molecule has 0 aromatic heterocycles. The average Bonchev–Trinajstić information content (AvgIpc) is 2.45. The van der Waals surface area contributed by atoms with E-state index in [4.69, 9.17) is 0 Å². The number of carbonyl (C=O) groups excluding carboxylic acids is 1. The lowest BCUT2D eigenvalue weighted by Gasteiger charge is -2.40. The predicted molar refractivity (Wildman–Crippen MR) is 69.2 cm³/mol. The number of Topliss-reactive ketones (excluding diaryl/α,β-unsaturated/α-hetero) is 1. The Labute approximate surface area is 115 Å². The highest BCUT2D eigenvalue weighted by Gasteiger charge is 2.37. The third-order valence-electron chi connectivity index (χ3n) is 3.74. The van der Waals surface area contributed by atoms with Crippen LogP contribution in [-0.2, 0) is 0 Å². The fraction of sp³-hybridized carbons (Fsp3) is 0.500. The number of nitrogens with zero attached hydrogens (tertiary/aromatic N) is 1. The second kappa shape index (κ2) is 5.54. The van der Waals surface area contributed by atoms with Gasteiger partial charge in [-0.15, -0.1) is 0 Å². The quantitative estimate of drug-likeness (QED) is 0.681. The molecule has 1 N–H and O–H groups in total. The molecule has 0 aliphatic carbocycles. The smallest absolute Gasteiger partial charge is 0.195 e. The minimum absolute atomic E-state index is 0.410. The number of hydrogen-bond acceptors (Lipinski definition) is 3. The first-order valence-corrected chi connectivity index (χ1v) is 6.49. The van der Waals surface area contributed by atoms with Crippen molar-refractivity contribution in [2.45, 2.75) is 19.4 Å². The normalized spacial score (nSPS) is 17.2. The minimum atomic E-state index is -1.60. The number of benzene rings is 1. The Balaban J connectivity index is 2.32. The minimum Gasteiger partial charge on any atom is -0.314 e. The largest absolute Gasteiger partial charge is 0.314 e. The van der Waals surface area contributed by atoms with Gasteiger partial charge >= 0.3 is 0 Å². The number of ketones is 1. The third-order valence-corrected chi connectivity index (χ3v) is 3.74. The first-order valence-electron chi connectivity index (χ1n) is 6.49. The van der Waals surface area contributed by atoms with E-state index < -0.39 is 34.3 Å².